The van der Waals surface area contributed by atoms with E-state index in [-0.39, 0.29) is 14.9 Å². The van der Waals surface area contributed by atoms with E-state index in [1.54, 1.807) is 23.6 Å². The van der Waals surface area contributed by atoms with Gasteiger partial charge in [0.15, 0.2) is 4.32 Å². The molecule has 10 heteroatoms. The fourth-order valence-electron chi connectivity index (χ4n) is 2.01. The quantitative estimate of drug-likeness (QED) is 0.372. The third-order valence-corrected chi connectivity index (χ3v) is 5.30. The van der Waals surface area contributed by atoms with Crippen LogP contribution >= 0.6 is 35.3 Å². The van der Waals surface area contributed by atoms with Gasteiger partial charge in [-0.1, -0.05) is 30.0 Å². The summed E-state index contributed by atoms with van der Waals surface area (Å²) in [5, 5.41) is 13.6. The van der Waals surface area contributed by atoms with Gasteiger partial charge in [-0.25, -0.2) is 0 Å². The lowest BCUT2D eigenvalue weighted by Gasteiger charge is -2.14. The summed E-state index contributed by atoms with van der Waals surface area (Å²) in [5.74, 6) is -0.908. The number of rotatable bonds is 4. The second-order valence-electron chi connectivity index (χ2n) is 4.79. The van der Waals surface area contributed by atoms with Crippen molar-refractivity contribution < 1.29 is 14.5 Å². The molecule has 0 radical (unpaired) electrons. The first kappa shape index (κ1) is 17.3. The Morgan fingerprint density at radius 1 is 1.32 bits per heavy atom. The number of carbonyl (C=O) groups is 2. The first-order chi connectivity index (χ1) is 12.0. The van der Waals surface area contributed by atoms with Gasteiger partial charge in [0.2, 0.25) is 0 Å². The molecule has 0 atom stereocenters. The zero-order chi connectivity index (χ0) is 18.0. The lowest BCUT2D eigenvalue weighted by Crippen LogP contribution is -2.44. The van der Waals surface area contributed by atoms with Crippen LogP contribution in [0.3, 0.4) is 0 Å². The number of hydrogen-bond donors (Lipinski definition) is 1. The number of nitro groups is 1. The van der Waals surface area contributed by atoms with E-state index in [0.717, 1.165) is 16.8 Å². The van der Waals surface area contributed by atoms with E-state index in [1.807, 2.05) is 0 Å². The maximum absolute atomic E-state index is 12.4. The van der Waals surface area contributed by atoms with Crippen molar-refractivity contribution in [2.24, 2.45) is 0 Å². The zero-order valence-corrected chi connectivity index (χ0v) is 14.8. The van der Waals surface area contributed by atoms with Crippen LogP contribution in [0.15, 0.2) is 46.7 Å². The standard InChI is InChI=1S/C15H9N3O4S3/c19-13(11-5-2-6-24-11)16-17-14(20)12(25-15(17)23)8-9-3-1-4-10(7-9)18(21)22/h1-8H,(H,16,19)/b12-8+. The van der Waals surface area contributed by atoms with E-state index in [4.69, 9.17) is 12.2 Å². The number of amides is 2. The SMILES string of the molecule is O=C(NN1C(=O)/C(=C\c2cccc([N+](=O)[O-])c2)SC1=S)c1cccs1. The van der Waals surface area contributed by atoms with Crippen LogP contribution in [-0.4, -0.2) is 26.1 Å². The topological polar surface area (TPSA) is 92.6 Å². The summed E-state index contributed by atoms with van der Waals surface area (Å²) in [7, 11) is 0. The number of hydrogen-bond acceptors (Lipinski definition) is 7. The second-order valence-corrected chi connectivity index (χ2v) is 7.41. The van der Waals surface area contributed by atoms with Crippen LogP contribution in [0.1, 0.15) is 15.2 Å². The number of nitrogens with zero attached hydrogens (tertiary/aromatic N) is 2. The smallest absolute Gasteiger partial charge is 0.266 e. The van der Waals surface area contributed by atoms with Gasteiger partial charge in [-0.15, -0.1) is 11.3 Å². The summed E-state index contributed by atoms with van der Waals surface area (Å²) in [6.07, 6.45) is 1.50. The molecular formula is C15H9N3O4S3. The third-order valence-electron chi connectivity index (χ3n) is 3.13. The lowest BCUT2D eigenvalue weighted by molar-refractivity contribution is -0.384. The highest BCUT2D eigenvalue weighted by Gasteiger charge is 2.34. The van der Waals surface area contributed by atoms with Crippen molar-refractivity contribution in [1.82, 2.24) is 10.4 Å². The van der Waals surface area contributed by atoms with Crippen LogP contribution < -0.4 is 5.43 Å². The Kier molecular flexibility index (Phi) is 4.93. The third kappa shape index (κ3) is 3.76. The number of thiocarbonyl (C=S) groups is 1. The van der Waals surface area contributed by atoms with Crippen LogP contribution in [0.4, 0.5) is 5.69 Å². The summed E-state index contributed by atoms with van der Waals surface area (Å²) in [6.45, 7) is 0. The number of non-ortho nitro benzene ring substituents is 1. The highest BCUT2D eigenvalue weighted by Crippen LogP contribution is 2.32. The molecule has 2 aromatic rings. The van der Waals surface area contributed by atoms with Crippen LogP contribution in [0.2, 0.25) is 0 Å². The van der Waals surface area contributed by atoms with Gasteiger partial charge < -0.3 is 0 Å². The minimum atomic E-state index is -0.510. The Morgan fingerprint density at radius 2 is 2.12 bits per heavy atom. The summed E-state index contributed by atoms with van der Waals surface area (Å²) in [4.78, 5) is 35.6. The van der Waals surface area contributed by atoms with Crippen molar-refractivity contribution in [3.8, 4) is 0 Å². The molecule has 0 bridgehead atoms. The summed E-state index contributed by atoms with van der Waals surface area (Å²) >= 11 is 7.40. The van der Waals surface area contributed by atoms with Gasteiger partial charge in [0.25, 0.3) is 17.5 Å². The van der Waals surface area contributed by atoms with E-state index in [1.165, 1.54) is 35.6 Å². The number of hydrazine groups is 1. The average molecular weight is 391 g/mol. The Bertz CT molecular complexity index is 909. The van der Waals surface area contributed by atoms with E-state index >= 15 is 0 Å². The average Bonchev–Trinajstić information content (AvgIpc) is 3.20. The largest absolute Gasteiger partial charge is 0.285 e. The highest BCUT2D eigenvalue weighted by molar-refractivity contribution is 8.26. The Morgan fingerprint density at radius 3 is 2.80 bits per heavy atom. The maximum atomic E-state index is 12.4. The monoisotopic (exact) mass is 391 g/mol. The highest BCUT2D eigenvalue weighted by atomic mass is 32.2. The molecule has 0 spiro atoms. The maximum Gasteiger partial charge on any atom is 0.285 e. The van der Waals surface area contributed by atoms with Gasteiger partial charge in [0, 0.05) is 12.1 Å². The minimum absolute atomic E-state index is 0.0739. The molecule has 25 heavy (non-hydrogen) atoms. The molecule has 0 unspecified atom stereocenters. The molecule has 1 N–H and O–H groups in total. The van der Waals surface area contributed by atoms with Crippen molar-refractivity contribution >= 4 is 63.2 Å². The molecule has 2 heterocycles. The number of carbonyl (C=O) groups excluding carboxylic acids is 2. The van der Waals surface area contributed by atoms with Crippen molar-refractivity contribution in [1.29, 1.82) is 0 Å². The van der Waals surface area contributed by atoms with Gasteiger partial charge in [-0.2, -0.15) is 5.01 Å². The van der Waals surface area contributed by atoms with Gasteiger partial charge >= 0.3 is 0 Å². The number of benzene rings is 1. The van der Waals surface area contributed by atoms with Crippen LogP contribution in [-0.2, 0) is 4.79 Å². The van der Waals surface area contributed by atoms with Gasteiger partial charge in [-0.05, 0) is 35.3 Å². The number of nitro benzene ring substituents is 1. The van der Waals surface area contributed by atoms with Crippen molar-refractivity contribution in [2.45, 2.75) is 0 Å². The molecule has 1 aliphatic rings. The summed E-state index contributed by atoms with van der Waals surface area (Å²) in [6, 6.07) is 9.26. The molecule has 1 aromatic carbocycles. The first-order valence-electron chi connectivity index (χ1n) is 6.82. The van der Waals surface area contributed by atoms with E-state index in [9.17, 15) is 19.7 Å². The number of nitrogens with one attached hydrogen (secondary N) is 1. The van der Waals surface area contributed by atoms with Gasteiger partial charge in [-0.3, -0.25) is 25.1 Å². The predicted molar refractivity (Wildman–Crippen MR) is 99.9 cm³/mol. The van der Waals surface area contributed by atoms with Crippen molar-refractivity contribution in [3.63, 3.8) is 0 Å². The Balaban J connectivity index is 1.80. The summed E-state index contributed by atoms with van der Waals surface area (Å²) < 4.78 is 0.187. The molecule has 7 nitrogen and oxygen atoms in total. The molecule has 0 aliphatic carbocycles. The minimum Gasteiger partial charge on any atom is -0.266 e. The molecule has 2 amide bonds. The number of thioether (sulfide) groups is 1. The van der Waals surface area contributed by atoms with Crippen LogP contribution in [0.25, 0.3) is 6.08 Å². The van der Waals surface area contributed by atoms with E-state index in [0.29, 0.717) is 10.4 Å². The molecule has 1 aromatic heterocycles. The Labute approximate surface area is 155 Å². The van der Waals surface area contributed by atoms with E-state index < -0.39 is 16.7 Å². The van der Waals surface area contributed by atoms with Crippen molar-refractivity contribution in [3.05, 3.63) is 67.2 Å². The van der Waals surface area contributed by atoms with Crippen molar-refractivity contribution in [2.75, 3.05) is 0 Å². The lowest BCUT2D eigenvalue weighted by atomic mass is 10.2. The van der Waals surface area contributed by atoms with E-state index in [2.05, 4.69) is 5.43 Å². The molecule has 3 rings (SSSR count). The molecule has 126 valence electrons. The second kappa shape index (κ2) is 7.13. The Hall–Kier alpha value is -2.56. The van der Waals surface area contributed by atoms with Gasteiger partial charge in [0.05, 0.1) is 14.7 Å². The molecule has 1 aliphatic heterocycles. The molecular weight excluding hydrogens is 382 g/mol. The summed E-state index contributed by atoms with van der Waals surface area (Å²) in [5.41, 5.74) is 2.90. The predicted octanol–water partition coefficient (Wildman–Crippen LogP) is 3.20. The normalized spacial score (nSPS) is 15.7. The molecule has 0 saturated carbocycles. The van der Waals surface area contributed by atoms with Gasteiger partial charge in [0.1, 0.15) is 0 Å². The fraction of sp³-hybridized carbons (Fsp3) is 0. The zero-order valence-electron chi connectivity index (χ0n) is 12.4. The molecule has 1 saturated heterocycles. The first-order valence-corrected chi connectivity index (χ1v) is 8.93. The number of thiophene rings is 1. The van der Waals surface area contributed by atoms with Crippen LogP contribution in [0.5, 0.6) is 0 Å². The van der Waals surface area contributed by atoms with Crippen LogP contribution in [0, 0.1) is 10.1 Å². The fourth-order valence-corrected chi connectivity index (χ4v) is 3.80. The molecule has 1 fully saturated rings.